The fourth-order valence-electron chi connectivity index (χ4n) is 1.36. The Morgan fingerprint density at radius 2 is 1.94 bits per heavy atom. The van der Waals surface area contributed by atoms with Crippen LogP contribution >= 0.6 is 27.7 Å². The first kappa shape index (κ1) is 12.2. The summed E-state index contributed by atoms with van der Waals surface area (Å²) >= 11 is 4.90. The first-order chi connectivity index (χ1) is 8.20. The normalized spacial score (nSPS) is 9.94. The molecule has 17 heavy (non-hydrogen) atoms. The van der Waals surface area contributed by atoms with Gasteiger partial charge < -0.3 is 0 Å². The Morgan fingerprint density at radius 1 is 1.24 bits per heavy atom. The second-order valence-corrected chi connectivity index (χ2v) is 5.45. The zero-order valence-electron chi connectivity index (χ0n) is 9.14. The summed E-state index contributed by atoms with van der Waals surface area (Å²) in [6.45, 7) is 1.92. The maximum atomic E-state index is 9.11. The molecule has 1 heterocycles. The largest absolute Gasteiger partial charge is 0.248 e. The van der Waals surface area contributed by atoms with Crippen molar-refractivity contribution in [3.8, 4) is 6.07 Å². The topological polar surface area (TPSA) is 36.7 Å². The molecule has 0 unspecified atom stereocenters. The van der Waals surface area contributed by atoms with E-state index < -0.39 is 0 Å². The van der Waals surface area contributed by atoms with Crippen molar-refractivity contribution in [2.24, 2.45) is 0 Å². The van der Waals surface area contributed by atoms with Gasteiger partial charge in [-0.05, 0) is 42.8 Å². The average Bonchev–Trinajstić information content (AvgIpc) is 2.32. The SMILES string of the molecule is Cc1ccnc(Sc2ccc(Br)cc2)c1C#N. The van der Waals surface area contributed by atoms with E-state index in [4.69, 9.17) is 5.26 Å². The van der Waals surface area contributed by atoms with Crippen LogP contribution in [0.5, 0.6) is 0 Å². The Balaban J connectivity index is 2.34. The summed E-state index contributed by atoms with van der Waals surface area (Å²) in [6, 6.07) is 12.0. The van der Waals surface area contributed by atoms with Crippen molar-refractivity contribution in [2.75, 3.05) is 0 Å². The molecule has 2 aromatic rings. The van der Waals surface area contributed by atoms with Crippen molar-refractivity contribution < 1.29 is 0 Å². The summed E-state index contributed by atoms with van der Waals surface area (Å²) in [5.74, 6) is 0. The fraction of sp³-hybridized carbons (Fsp3) is 0.0769. The number of aryl methyl sites for hydroxylation is 1. The maximum absolute atomic E-state index is 9.11. The molecule has 0 saturated carbocycles. The van der Waals surface area contributed by atoms with Gasteiger partial charge in [0.05, 0.1) is 5.56 Å². The molecule has 0 spiro atoms. The van der Waals surface area contributed by atoms with Crippen molar-refractivity contribution in [3.63, 3.8) is 0 Å². The molecule has 1 aromatic heterocycles. The summed E-state index contributed by atoms with van der Waals surface area (Å²) < 4.78 is 1.04. The molecular formula is C13H9BrN2S. The predicted octanol–water partition coefficient (Wildman–Crippen LogP) is 4.18. The minimum atomic E-state index is 0.653. The zero-order chi connectivity index (χ0) is 12.3. The second kappa shape index (κ2) is 5.35. The molecule has 1 aromatic carbocycles. The molecule has 2 rings (SSSR count). The van der Waals surface area contributed by atoms with Crippen LogP contribution in [0.15, 0.2) is 50.9 Å². The fourth-order valence-corrected chi connectivity index (χ4v) is 2.54. The highest BCUT2D eigenvalue weighted by Crippen LogP contribution is 2.30. The molecular weight excluding hydrogens is 296 g/mol. The van der Waals surface area contributed by atoms with E-state index in [1.165, 1.54) is 11.8 Å². The molecule has 0 fully saturated rings. The number of nitrogens with zero attached hydrogens (tertiary/aromatic N) is 2. The Kier molecular flexibility index (Phi) is 3.82. The van der Waals surface area contributed by atoms with Gasteiger partial charge >= 0.3 is 0 Å². The summed E-state index contributed by atoms with van der Waals surface area (Å²) in [7, 11) is 0. The van der Waals surface area contributed by atoms with Crippen molar-refractivity contribution >= 4 is 27.7 Å². The molecule has 0 radical (unpaired) electrons. The summed E-state index contributed by atoms with van der Waals surface area (Å²) in [4.78, 5) is 5.33. The number of hydrogen-bond acceptors (Lipinski definition) is 3. The minimum absolute atomic E-state index is 0.653. The Bertz CT molecular complexity index is 573. The molecule has 0 bridgehead atoms. The van der Waals surface area contributed by atoms with Crippen molar-refractivity contribution in [1.82, 2.24) is 4.98 Å². The Hall–Kier alpha value is -1.31. The first-order valence-corrected chi connectivity index (χ1v) is 6.61. The van der Waals surface area contributed by atoms with Crippen LogP contribution in [0.3, 0.4) is 0 Å². The molecule has 0 amide bonds. The molecule has 0 saturated heterocycles. The van der Waals surface area contributed by atoms with Gasteiger partial charge in [0, 0.05) is 15.6 Å². The number of aromatic nitrogens is 1. The molecule has 4 heteroatoms. The van der Waals surface area contributed by atoms with Crippen LogP contribution in [0.4, 0.5) is 0 Å². The highest BCUT2D eigenvalue weighted by Gasteiger charge is 2.07. The Labute approximate surface area is 113 Å². The van der Waals surface area contributed by atoms with E-state index in [0.717, 1.165) is 20.0 Å². The van der Waals surface area contributed by atoms with Crippen LogP contribution in [0.1, 0.15) is 11.1 Å². The molecule has 2 nitrogen and oxygen atoms in total. The number of pyridine rings is 1. The van der Waals surface area contributed by atoms with Gasteiger partial charge in [0.2, 0.25) is 0 Å². The molecule has 0 atom stereocenters. The summed E-state index contributed by atoms with van der Waals surface area (Å²) in [6.07, 6.45) is 1.73. The van der Waals surface area contributed by atoms with Gasteiger partial charge in [-0.2, -0.15) is 5.26 Å². The van der Waals surface area contributed by atoms with Crippen molar-refractivity contribution in [2.45, 2.75) is 16.8 Å². The van der Waals surface area contributed by atoms with E-state index in [1.807, 2.05) is 37.3 Å². The van der Waals surface area contributed by atoms with Gasteiger partial charge in [-0.25, -0.2) is 4.98 Å². The van der Waals surface area contributed by atoms with Crippen molar-refractivity contribution in [1.29, 1.82) is 5.26 Å². The van der Waals surface area contributed by atoms with E-state index in [0.29, 0.717) is 5.56 Å². The third kappa shape index (κ3) is 2.87. The Morgan fingerprint density at radius 3 is 2.59 bits per heavy atom. The number of nitriles is 1. The summed E-state index contributed by atoms with van der Waals surface area (Å²) in [5.41, 5.74) is 1.61. The summed E-state index contributed by atoms with van der Waals surface area (Å²) in [5, 5.41) is 9.87. The lowest BCUT2D eigenvalue weighted by Gasteiger charge is -2.04. The first-order valence-electron chi connectivity index (χ1n) is 5.00. The average molecular weight is 305 g/mol. The lowest BCUT2D eigenvalue weighted by molar-refractivity contribution is 1.08. The lowest BCUT2D eigenvalue weighted by atomic mass is 10.2. The standard InChI is InChI=1S/C13H9BrN2S/c1-9-6-7-16-13(12(9)8-15)17-11-4-2-10(14)3-5-11/h2-7H,1H3. The monoisotopic (exact) mass is 304 g/mol. The van der Waals surface area contributed by atoms with E-state index in [2.05, 4.69) is 27.0 Å². The molecule has 84 valence electrons. The maximum Gasteiger partial charge on any atom is 0.119 e. The second-order valence-electron chi connectivity index (χ2n) is 3.48. The number of hydrogen-bond donors (Lipinski definition) is 0. The number of benzene rings is 1. The van der Waals surface area contributed by atoms with Gasteiger partial charge in [-0.1, -0.05) is 27.7 Å². The third-order valence-electron chi connectivity index (χ3n) is 2.26. The predicted molar refractivity (Wildman–Crippen MR) is 72.0 cm³/mol. The molecule has 0 aliphatic carbocycles. The van der Waals surface area contributed by atoms with Crippen LogP contribution in [0.25, 0.3) is 0 Å². The van der Waals surface area contributed by atoms with Gasteiger partial charge in [-0.15, -0.1) is 0 Å². The highest BCUT2D eigenvalue weighted by molar-refractivity contribution is 9.10. The van der Waals surface area contributed by atoms with Gasteiger partial charge in [0.1, 0.15) is 11.1 Å². The van der Waals surface area contributed by atoms with Gasteiger partial charge in [0.25, 0.3) is 0 Å². The van der Waals surface area contributed by atoms with Gasteiger partial charge in [-0.3, -0.25) is 0 Å². The van der Waals surface area contributed by atoms with Crippen LogP contribution in [-0.2, 0) is 0 Å². The smallest absolute Gasteiger partial charge is 0.119 e. The third-order valence-corrected chi connectivity index (χ3v) is 3.80. The quantitative estimate of drug-likeness (QED) is 0.835. The van der Waals surface area contributed by atoms with E-state index >= 15 is 0 Å². The van der Waals surface area contributed by atoms with Crippen LogP contribution < -0.4 is 0 Å². The molecule has 0 aliphatic heterocycles. The number of halogens is 1. The van der Waals surface area contributed by atoms with Crippen LogP contribution in [-0.4, -0.2) is 4.98 Å². The van der Waals surface area contributed by atoms with E-state index in [1.54, 1.807) is 6.20 Å². The molecule has 0 N–H and O–H groups in total. The zero-order valence-corrected chi connectivity index (χ0v) is 11.5. The lowest BCUT2D eigenvalue weighted by Crippen LogP contribution is -1.89. The van der Waals surface area contributed by atoms with Crippen molar-refractivity contribution in [3.05, 3.63) is 52.1 Å². The van der Waals surface area contributed by atoms with E-state index in [-0.39, 0.29) is 0 Å². The van der Waals surface area contributed by atoms with Gasteiger partial charge in [0.15, 0.2) is 0 Å². The molecule has 0 aliphatic rings. The minimum Gasteiger partial charge on any atom is -0.248 e. The van der Waals surface area contributed by atoms with E-state index in [9.17, 15) is 0 Å². The number of rotatable bonds is 2. The van der Waals surface area contributed by atoms with Crippen LogP contribution in [0.2, 0.25) is 0 Å². The highest BCUT2D eigenvalue weighted by atomic mass is 79.9. The van der Waals surface area contributed by atoms with Crippen LogP contribution in [0, 0.1) is 18.3 Å².